The average molecular weight is 202 g/mol. The van der Waals surface area contributed by atoms with Crippen molar-refractivity contribution >= 4 is 17.5 Å². The third-order valence-electron chi connectivity index (χ3n) is 2.17. The molecule has 0 aliphatic carbocycles. The monoisotopic (exact) mass is 202 g/mol. The van der Waals surface area contributed by atoms with Gasteiger partial charge in [-0.05, 0) is 19.8 Å². The molecule has 1 rings (SSSR count). The van der Waals surface area contributed by atoms with E-state index in [0.717, 1.165) is 26.1 Å². The Hall–Kier alpha value is -0.0200. The molecular weight excluding hydrogens is 184 g/mol. The molecule has 1 unspecified atom stereocenters. The second kappa shape index (κ2) is 5.66. The second-order valence-corrected chi connectivity index (χ2v) is 5.41. The van der Waals surface area contributed by atoms with Crippen LogP contribution in [0.4, 0.5) is 0 Å². The quantitative estimate of drug-likeness (QED) is 0.699. The van der Waals surface area contributed by atoms with Crippen LogP contribution in [0.1, 0.15) is 33.1 Å². The first-order valence-corrected chi connectivity index (χ1v) is 5.85. The summed E-state index contributed by atoms with van der Waals surface area (Å²) in [7, 11) is 0. The number of thioether (sulfide) groups is 1. The summed E-state index contributed by atoms with van der Waals surface area (Å²) in [5.41, 5.74) is 0. The molecule has 0 spiro atoms. The average Bonchev–Trinajstić information content (AvgIpc) is 2.04. The summed E-state index contributed by atoms with van der Waals surface area (Å²) in [5.74, 6) is 0.298. The summed E-state index contributed by atoms with van der Waals surface area (Å²) in [6.07, 6.45) is 3.00. The number of ketones is 1. The van der Waals surface area contributed by atoms with Gasteiger partial charge in [0, 0.05) is 30.1 Å². The molecular formula is C10H18O2S. The van der Waals surface area contributed by atoms with Crippen molar-refractivity contribution in [3.63, 3.8) is 0 Å². The van der Waals surface area contributed by atoms with Crippen molar-refractivity contribution in [3.8, 4) is 0 Å². The lowest BCUT2D eigenvalue weighted by molar-refractivity contribution is -0.116. The maximum absolute atomic E-state index is 10.9. The van der Waals surface area contributed by atoms with Gasteiger partial charge in [-0.15, -0.1) is 0 Å². The summed E-state index contributed by atoms with van der Waals surface area (Å²) in [6.45, 7) is 5.59. The summed E-state index contributed by atoms with van der Waals surface area (Å²) >= 11 is 1.95. The summed E-state index contributed by atoms with van der Waals surface area (Å²) in [5, 5.41) is 1.18. The van der Waals surface area contributed by atoms with E-state index in [1.165, 1.54) is 0 Å². The molecule has 1 atom stereocenters. The number of rotatable bonds is 4. The van der Waals surface area contributed by atoms with E-state index >= 15 is 0 Å². The molecule has 2 nitrogen and oxygen atoms in total. The molecule has 0 aromatic rings. The Morgan fingerprint density at radius 2 is 2.15 bits per heavy atom. The van der Waals surface area contributed by atoms with Gasteiger partial charge in [0.25, 0.3) is 0 Å². The molecule has 3 heteroatoms. The first-order chi connectivity index (χ1) is 6.18. The third kappa shape index (κ3) is 4.67. The summed E-state index contributed by atoms with van der Waals surface area (Å²) < 4.78 is 5.28. The Morgan fingerprint density at radius 3 is 2.69 bits per heavy atom. The number of carbonyl (C=O) groups excluding carboxylic acids is 1. The van der Waals surface area contributed by atoms with Crippen molar-refractivity contribution in [2.24, 2.45) is 0 Å². The van der Waals surface area contributed by atoms with Crippen LogP contribution in [0.5, 0.6) is 0 Å². The van der Waals surface area contributed by atoms with Gasteiger partial charge in [-0.1, -0.05) is 6.92 Å². The molecule has 1 aliphatic rings. The molecule has 76 valence electrons. The molecule has 1 aliphatic heterocycles. The fourth-order valence-corrected chi connectivity index (χ4v) is 3.05. The van der Waals surface area contributed by atoms with Crippen LogP contribution in [0.3, 0.4) is 0 Å². The van der Waals surface area contributed by atoms with Crippen molar-refractivity contribution in [2.75, 3.05) is 13.2 Å². The van der Waals surface area contributed by atoms with Crippen LogP contribution >= 0.6 is 11.8 Å². The Morgan fingerprint density at radius 1 is 1.54 bits per heavy atom. The zero-order valence-corrected chi connectivity index (χ0v) is 9.23. The largest absolute Gasteiger partial charge is 0.381 e. The van der Waals surface area contributed by atoms with Crippen LogP contribution in [0.15, 0.2) is 0 Å². The van der Waals surface area contributed by atoms with Crippen LogP contribution in [-0.4, -0.2) is 29.5 Å². The third-order valence-corrected chi connectivity index (χ3v) is 3.66. The topological polar surface area (TPSA) is 26.3 Å². The fraction of sp³-hybridized carbons (Fsp3) is 0.900. The predicted octanol–water partition coefficient (Wildman–Crippen LogP) is 2.27. The van der Waals surface area contributed by atoms with Crippen LogP contribution in [-0.2, 0) is 9.53 Å². The van der Waals surface area contributed by atoms with Gasteiger partial charge in [0.05, 0.1) is 0 Å². The van der Waals surface area contributed by atoms with E-state index in [0.29, 0.717) is 22.7 Å². The van der Waals surface area contributed by atoms with Gasteiger partial charge in [0.2, 0.25) is 0 Å². The molecule has 0 N–H and O–H groups in total. The van der Waals surface area contributed by atoms with Gasteiger partial charge in [0.15, 0.2) is 0 Å². The highest BCUT2D eigenvalue weighted by atomic mass is 32.2. The van der Waals surface area contributed by atoms with Crippen LogP contribution < -0.4 is 0 Å². The van der Waals surface area contributed by atoms with Gasteiger partial charge < -0.3 is 4.74 Å². The van der Waals surface area contributed by atoms with Crippen molar-refractivity contribution in [3.05, 3.63) is 0 Å². The minimum Gasteiger partial charge on any atom is -0.381 e. The van der Waals surface area contributed by atoms with Crippen molar-refractivity contribution < 1.29 is 9.53 Å². The lowest BCUT2D eigenvalue weighted by atomic mass is 10.2. The van der Waals surface area contributed by atoms with E-state index in [9.17, 15) is 4.79 Å². The van der Waals surface area contributed by atoms with Crippen molar-refractivity contribution in [1.29, 1.82) is 0 Å². The Kier molecular flexibility index (Phi) is 4.81. The zero-order chi connectivity index (χ0) is 9.68. The van der Waals surface area contributed by atoms with E-state index in [4.69, 9.17) is 4.74 Å². The SMILES string of the molecule is CC(=O)CC(C)SC1CCOCC1. The highest BCUT2D eigenvalue weighted by Crippen LogP contribution is 2.27. The molecule has 1 fully saturated rings. The second-order valence-electron chi connectivity index (χ2n) is 3.66. The smallest absolute Gasteiger partial charge is 0.130 e. The highest BCUT2D eigenvalue weighted by Gasteiger charge is 2.17. The van der Waals surface area contributed by atoms with Gasteiger partial charge in [-0.25, -0.2) is 0 Å². The van der Waals surface area contributed by atoms with E-state index in [1.807, 2.05) is 11.8 Å². The number of hydrogen-bond donors (Lipinski definition) is 0. The number of Topliss-reactive ketones (excluding diaryl/α,β-unsaturated/α-hetero) is 1. The number of hydrogen-bond acceptors (Lipinski definition) is 3. The van der Waals surface area contributed by atoms with Gasteiger partial charge in [-0.2, -0.15) is 11.8 Å². The molecule has 0 aromatic heterocycles. The molecule has 0 radical (unpaired) electrons. The molecule has 0 amide bonds. The molecule has 0 saturated carbocycles. The summed E-state index contributed by atoms with van der Waals surface area (Å²) in [6, 6.07) is 0. The van der Waals surface area contributed by atoms with E-state index in [2.05, 4.69) is 6.92 Å². The normalized spacial score (nSPS) is 21.4. The first-order valence-electron chi connectivity index (χ1n) is 4.91. The van der Waals surface area contributed by atoms with Crippen LogP contribution in [0.2, 0.25) is 0 Å². The van der Waals surface area contributed by atoms with Crippen LogP contribution in [0.25, 0.3) is 0 Å². The summed E-state index contributed by atoms with van der Waals surface area (Å²) in [4.78, 5) is 10.9. The lowest BCUT2D eigenvalue weighted by Crippen LogP contribution is -2.20. The zero-order valence-electron chi connectivity index (χ0n) is 8.41. The van der Waals surface area contributed by atoms with Crippen molar-refractivity contribution in [1.82, 2.24) is 0 Å². The predicted molar refractivity (Wildman–Crippen MR) is 56.2 cm³/mol. The van der Waals surface area contributed by atoms with E-state index in [-0.39, 0.29) is 0 Å². The maximum atomic E-state index is 10.9. The van der Waals surface area contributed by atoms with Gasteiger partial charge in [0.1, 0.15) is 5.78 Å². The lowest BCUT2D eigenvalue weighted by Gasteiger charge is -2.24. The Labute approximate surface area is 84.4 Å². The molecule has 1 saturated heterocycles. The van der Waals surface area contributed by atoms with Gasteiger partial charge >= 0.3 is 0 Å². The standard InChI is InChI=1S/C10H18O2S/c1-8(11)7-9(2)13-10-3-5-12-6-4-10/h9-10H,3-7H2,1-2H3. The minimum absolute atomic E-state index is 0.298. The highest BCUT2D eigenvalue weighted by molar-refractivity contribution is 8.00. The maximum Gasteiger partial charge on any atom is 0.130 e. The first kappa shape index (κ1) is 11.1. The molecule has 13 heavy (non-hydrogen) atoms. The Balaban J connectivity index is 2.18. The molecule has 0 bridgehead atoms. The molecule has 1 heterocycles. The number of carbonyl (C=O) groups is 1. The molecule has 0 aromatic carbocycles. The van der Waals surface area contributed by atoms with E-state index in [1.54, 1.807) is 6.92 Å². The van der Waals surface area contributed by atoms with Crippen molar-refractivity contribution in [2.45, 2.75) is 43.6 Å². The fourth-order valence-electron chi connectivity index (χ4n) is 1.59. The van der Waals surface area contributed by atoms with E-state index < -0.39 is 0 Å². The number of ether oxygens (including phenoxy) is 1. The van der Waals surface area contributed by atoms with Gasteiger partial charge in [-0.3, -0.25) is 4.79 Å². The Bertz CT molecular complexity index is 164. The minimum atomic E-state index is 0.298. The van der Waals surface area contributed by atoms with Crippen LogP contribution in [0, 0.1) is 0 Å².